The molecule has 156 valence electrons. The minimum atomic E-state index is -1.38. The number of nitrogens with zero attached hydrogens (tertiary/aromatic N) is 2. The number of fused-ring (bicyclic) bond motifs is 1. The molecule has 9 heteroatoms. The van der Waals surface area contributed by atoms with Gasteiger partial charge in [-0.25, -0.2) is 0 Å². The van der Waals surface area contributed by atoms with E-state index < -0.39 is 23.5 Å². The number of quaternary nitrogens is 1. The van der Waals surface area contributed by atoms with Gasteiger partial charge in [-0.2, -0.15) is 0 Å². The van der Waals surface area contributed by atoms with Gasteiger partial charge in [-0.3, -0.25) is 9.59 Å². The van der Waals surface area contributed by atoms with Crippen LogP contribution in [-0.2, 0) is 14.4 Å². The molecule has 0 saturated carbocycles. The molecule has 3 aliphatic rings. The molecule has 6 atom stereocenters. The molecule has 28 heavy (non-hydrogen) atoms. The Kier molecular flexibility index (Phi) is 5.09. The number of carbonyl (C=O) groups excluding carboxylic acids is 3. The molecule has 0 aromatic heterocycles. The van der Waals surface area contributed by atoms with Crippen LogP contribution in [0.15, 0.2) is 10.6 Å². The summed E-state index contributed by atoms with van der Waals surface area (Å²) in [6.45, 7) is 6.04. The van der Waals surface area contributed by atoms with Crippen molar-refractivity contribution >= 4 is 29.5 Å². The molecule has 0 aromatic carbocycles. The normalized spacial score (nSPS) is 37.6. The van der Waals surface area contributed by atoms with Gasteiger partial charge < -0.3 is 30.1 Å². The van der Waals surface area contributed by atoms with Crippen molar-refractivity contribution in [3.63, 3.8) is 0 Å². The number of rotatable bonds is 6. The lowest BCUT2D eigenvalue weighted by molar-refractivity contribution is -0.918. The summed E-state index contributed by atoms with van der Waals surface area (Å²) in [4.78, 5) is 38.4. The molecule has 0 radical (unpaired) electrons. The SMILES string of the molecule is CC[C@@]1(C(N)=O)C[C@H](SC2=C(C(=O)[O-])N3C(=O)[C@H]([C@@H](C)O)[C@H]3[C@H]2C)C[N+]1(C)C. The van der Waals surface area contributed by atoms with Crippen molar-refractivity contribution in [2.24, 2.45) is 17.6 Å². The highest BCUT2D eigenvalue weighted by atomic mass is 32.2. The van der Waals surface area contributed by atoms with E-state index >= 15 is 0 Å². The summed E-state index contributed by atoms with van der Waals surface area (Å²) < 4.78 is 0.446. The molecule has 2 amide bonds. The van der Waals surface area contributed by atoms with Crippen LogP contribution < -0.4 is 10.8 Å². The van der Waals surface area contributed by atoms with Crippen molar-refractivity contribution < 1.29 is 29.1 Å². The van der Waals surface area contributed by atoms with Gasteiger partial charge in [-0.05, 0) is 6.92 Å². The number of hydrogen-bond donors (Lipinski definition) is 2. The number of carbonyl (C=O) groups is 3. The number of hydrogen-bond acceptors (Lipinski definition) is 6. The molecular formula is C19H29N3O5S. The molecule has 0 bridgehead atoms. The average Bonchev–Trinajstić information content (AvgIpc) is 2.97. The van der Waals surface area contributed by atoms with Gasteiger partial charge in [-0.1, -0.05) is 13.8 Å². The van der Waals surface area contributed by atoms with Crippen molar-refractivity contribution in [2.45, 2.75) is 56.5 Å². The predicted molar refractivity (Wildman–Crippen MR) is 102 cm³/mol. The minimum absolute atomic E-state index is 0.00643. The molecule has 0 unspecified atom stereocenters. The highest BCUT2D eigenvalue weighted by Gasteiger charge is 2.61. The van der Waals surface area contributed by atoms with Crippen LogP contribution in [0.2, 0.25) is 0 Å². The Hall–Kier alpha value is -1.58. The summed E-state index contributed by atoms with van der Waals surface area (Å²) in [7, 11) is 3.95. The quantitative estimate of drug-likeness (QED) is 0.428. The fraction of sp³-hybridized carbons (Fsp3) is 0.737. The van der Waals surface area contributed by atoms with Gasteiger partial charge in [0.1, 0.15) is 0 Å². The number of primary amides is 1. The van der Waals surface area contributed by atoms with E-state index in [4.69, 9.17) is 5.73 Å². The lowest BCUT2D eigenvalue weighted by Crippen LogP contribution is -2.64. The number of thioether (sulfide) groups is 1. The van der Waals surface area contributed by atoms with Crippen LogP contribution in [-0.4, -0.2) is 75.8 Å². The number of β-lactam (4-membered cyclic amide) rings is 1. The van der Waals surface area contributed by atoms with Gasteiger partial charge in [0.15, 0.2) is 5.54 Å². The first-order valence-corrected chi connectivity index (χ1v) is 10.5. The lowest BCUT2D eigenvalue weighted by Gasteiger charge is -2.47. The molecule has 3 aliphatic heterocycles. The molecule has 0 aromatic rings. The third kappa shape index (κ3) is 2.70. The summed E-state index contributed by atoms with van der Waals surface area (Å²) in [6.07, 6.45) is 0.310. The lowest BCUT2D eigenvalue weighted by atomic mass is 9.79. The van der Waals surface area contributed by atoms with E-state index in [1.165, 1.54) is 16.7 Å². The highest BCUT2D eigenvalue weighted by Crippen LogP contribution is 2.53. The Bertz CT molecular complexity index is 765. The number of aliphatic carboxylic acids is 1. The number of aliphatic hydroxyl groups excluding tert-OH is 1. The summed E-state index contributed by atoms with van der Waals surface area (Å²) in [6, 6.07) is -0.362. The Balaban J connectivity index is 1.91. The molecule has 3 rings (SSSR count). The van der Waals surface area contributed by atoms with Crippen LogP contribution in [0.1, 0.15) is 33.6 Å². The van der Waals surface area contributed by atoms with E-state index in [9.17, 15) is 24.6 Å². The van der Waals surface area contributed by atoms with Crippen LogP contribution in [0.5, 0.6) is 0 Å². The van der Waals surface area contributed by atoms with Crippen LogP contribution >= 0.6 is 11.8 Å². The smallest absolute Gasteiger partial charge is 0.278 e. The summed E-state index contributed by atoms with van der Waals surface area (Å²) in [5, 5.41) is 21.8. The number of aliphatic hydroxyl groups is 1. The predicted octanol–water partition coefficient (Wildman–Crippen LogP) is -0.979. The van der Waals surface area contributed by atoms with E-state index in [0.717, 1.165) is 0 Å². The zero-order chi connectivity index (χ0) is 21.2. The number of amides is 2. The zero-order valence-electron chi connectivity index (χ0n) is 17.0. The van der Waals surface area contributed by atoms with E-state index in [1.807, 2.05) is 27.9 Å². The topological polar surface area (TPSA) is 124 Å². The number of carboxylic acid groups (broad SMARTS) is 1. The molecule has 2 fully saturated rings. The first-order valence-electron chi connectivity index (χ1n) is 9.66. The second kappa shape index (κ2) is 6.74. The van der Waals surface area contributed by atoms with E-state index in [2.05, 4.69) is 0 Å². The second-order valence-electron chi connectivity index (χ2n) is 8.82. The Labute approximate surface area is 169 Å². The first-order chi connectivity index (χ1) is 12.9. The maximum absolute atomic E-state index is 12.4. The largest absolute Gasteiger partial charge is 0.543 e. The van der Waals surface area contributed by atoms with Crippen molar-refractivity contribution in [1.82, 2.24) is 4.90 Å². The van der Waals surface area contributed by atoms with Crippen molar-refractivity contribution in [3.8, 4) is 0 Å². The monoisotopic (exact) mass is 411 g/mol. The average molecular weight is 412 g/mol. The van der Waals surface area contributed by atoms with Crippen LogP contribution in [0.4, 0.5) is 0 Å². The molecule has 8 nitrogen and oxygen atoms in total. The van der Waals surface area contributed by atoms with Gasteiger partial charge in [0, 0.05) is 23.7 Å². The first kappa shape index (κ1) is 21.1. The second-order valence-corrected chi connectivity index (χ2v) is 10.2. The van der Waals surface area contributed by atoms with Crippen molar-refractivity contribution in [3.05, 3.63) is 10.6 Å². The Morgan fingerprint density at radius 2 is 2.07 bits per heavy atom. The summed E-state index contributed by atoms with van der Waals surface area (Å²) in [5.41, 5.74) is 4.98. The van der Waals surface area contributed by atoms with Gasteiger partial charge in [0.05, 0.1) is 55.6 Å². The van der Waals surface area contributed by atoms with Gasteiger partial charge in [-0.15, -0.1) is 11.8 Å². The fourth-order valence-electron chi connectivity index (χ4n) is 5.45. The van der Waals surface area contributed by atoms with E-state index in [0.29, 0.717) is 28.8 Å². The number of likely N-dealkylation sites (tertiary alicyclic amines) is 1. The minimum Gasteiger partial charge on any atom is -0.543 e. The molecule has 3 N–H and O–H groups in total. The Morgan fingerprint density at radius 1 is 1.46 bits per heavy atom. The molecule has 3 heterocycles. The molecule has 0 spiro atoms. The molecule has 2 saturated heterocycles. The summed E-state index contributed by atoms with van der Waals surface area (Å²) >= 11 is 1.42. The third-order valence-corrected chi connectivity index (χ3v) is 8.49. The number of carboxylic acids is 1. The van der Waals surface area contributed by atoms with Crippen LogP contribution in [0.3, 0.4) is 0 Å². The van der Waals surface area contributed by atoms with Gasteiger partial charge in [0.2, 0.25) is 5.91 Å². The molecular weight excluding hydrogens is 382 g/mol. The summed E-state index contributed by atoms with van der Waals surface area (Å²) in [5.74, 6) is -2.90. The molecule has 0 aliphatic carbocycles. The third-order valence-electron chi connectivity index (χ3n) is 7.02. The van der Waals surface area contributed by atoms with Crippen LogP contribution in [0.25, 0.3) is 0 Å². The van der Waals surface area contributed by atoms with Gasteiger partial charge in [0.25, 0.3) is 5.91 Å². The maximum atomic E-state index is 12.4. The van der Waals surface area contributed by atoms with E-state index in [-0.39, 0.29) is 34.7 Å². The fourth-order valence-corrected chi connectivity index (χ4v) is 7.26. The Morgan fingerprint density at radius 3 is 2.50 bits per heavy atom. The van der Waals surface area contributed by atoms with Crippen molar-refractivity contribution in [2.75, 3.05) is 20.6 Å². The standard InChI is InChI=1S/C19H29N3O5S/c1-6-19(18(20)27)7-11(8-22(19,4)5)28-15-9(2)13-12(10(3)23)16(24)21(13)14(15)17(25)26/h9-13,23H,6-8H2,1-5H3,(H2-,20,25,26,27)/t9-,10-,11+,12-,13-,19+/m1/s1. The zero-order valence-corrected chi connectivity index (χ0v) is 17.8. The number of nitrogens with two attached hydrogens (primary N) is 1. The van der Waals surface area contributed by atoms with Gasteiger partial charge >= 0.3 is 0 Å². The maximum Gasteiger partial charge on any atom is 0.278 e. The number of likely N-dealkylation sites (N-methyl/N-ethyl adjacent to an activating group) is 1. The highest BCUT2D eigenvalue weighted by molar-refractivity contribution is 8.03. The van der Waals surface area contributed by atoms with Crippen molar-refractivity contribution in [1.29, 1.82) is 0 Å². The van der Waals surface area contributed by atoms with E-state index in [1.54, 1.807) is 6.92 Å². The van der Waals surface area contributed by atoms with Crippen LogP contribution in [0, 0.1) is 11.8 Å².